The van der Waals surface area contributed by atoms with Crippen molar-refractivity contribution in [3.05, 3.63) is 84.2 Å². The second-order valence-electron chi connectivity index (χ2n) is 5.63. The number of pyridine rings is 1. The largest absolute Gasteiger partial charge is 0.445 e. The van der Waals surface area contributed by atoms with E-state index in [4.69, 9.17) is 4.74 Å². The van der Waals surface area contributed by atoms with Gasteiger partial charge in [-0.1, -0.05) is 66.7 Å². The van der Waals surface area contributed by atoms with Crippen LogP contribution in [0.2, 0.25) is 0 Å². The minimum Gasteiger partial charge on any atom is -0.445 e. The second kappa shape index (κ2) is 8.64. The number of ether oxygens (including phenoxy) is 1. The van der Waals surface area contributed by atoms with Crippen molar-refractivity contribution < 1.29 is 9.53 Å². The molecule has 3 rings (SSSR count). The van der Waals surface area contributed by atoms with Crippen LogP contribution in [0.3, 0.4) is 0 Å². The number of carbonyl (C=O) groups excluding carboxylic acids is 1. The first-order valence-corrected chi connectivity index (χ1v) is 8.27. The number of benzene rings is 2. The number of nitrogens with zero attached hydrogens (tertiary/aromatic N) is 1. The summed E-state index contributed by atoms with van der Waals surface area (Å²) in [7, 11) is 0. The molecule has 1 heterocycles. The lowest BCUT2D eigenvalue weighted by Crippen LogP contribution is -2.24. The quantitative estimate of drug-likeness (QED) is 0.673. The van der Waals surface area contributed by atoms with E-state index in [2.05, 4.69) is 16.4 Å². The third-order valence-electron chi connectivity index (χ3n) is 3.79. The molecule has 4 nitrogen and oxygen atoms in total. The average Bonchev–Trinajstić information content (AvgIpc) is 2.67. The Kier molecular flexibility index (Phi) is 5.77. The molecule has 0 spiro atoms. The minimum absolute atomic E-state index is 0.282. The summed E-state index contributed by atoms with van der Waals surface area (Å²) >= 11 is 0. The first-order chi connectivity index (χ1) is 12.3. The Labute approximate surface area is 147 Å². The van der Waals surface area contributed by atoms with Gasteiger partial charge in [0.1, 0.15) is 6.61 Å². The van der Waals surface area contributed by atoms with Gasteiger partial charge in [-0.15, -0.1) is 0 Å². The van der Waals surface area contributed by atoms with E-state index in [1.807, 2.05) is 73.1 Å². The van der Waals surface area contributed by atoms with Crippen LogP contribution < -0.4 is 5.32 Å². The summed E-state index contributed by atoms with van der Waals surface area (Å²) in [6.45, 7) is 0.812. The van der Waals surface area contributed by atoms with E-state index in [-0.39, 0.29) is 6.61 Å². The van der Waals surface area contributed by atoms with Crippen molar-refractivity contribution in [2.45, 2.75) is 13.0 Å². The fourth-order valence-corrected chi connectivity index (χ4v) is 2.51. The maximum Gasteiger partial charge on any atom is 0.407 e. The van der Waals surface area contributed by atoms with E-state index < -0.39 is 6.09 Å². The van der Waals surface area contributed by atoms with Crippen LogP contribution in [-0.4, -0.2) is 17.6 Å². The van der Waals surface area contributed by atoms with E-state index in [1.165, 1.54) is 5.39 Å². The van der Waals surface area contributed by atoms with E-state index in [9.17, 15) is 4.79 Å². The highest BCUT2D eigenvalue weighted by atomic mass is 16.5. The monoisotopic (exact) mass is 332 g/mol. The Hall–Kier alpha value is -3.14. The van der Waals surface area contributed by atoms with Crippen molar-refractivity contribution in [1.82, 2.24) is 10.3 Å². The van der Waals surface area contributed by atoms with Crippen molar-refractivity contribution in [2.24, 2.45) is 0 Å². The molecule has 3 aromatic rings. The number of nitrogens with one attached hydrogen (secondary N) is 1. The lowest BCUT2D eigenvalue weighted by Gasteiger charge is -2.06. The predicted molar refractivity (Wildman–Crippen MR) is 100 cm³/mol. The molecule has 1 aromatic heterocycles. The molecule has 1 amide bonds. The highest BCUT2D eigenvalue weighted by Crippen LogP contribution is 2.18. The van der Waals surface area contributed by atoms with Gasteiger partial charge in [0.2, 0.25) is 0 Å². The molecular formula is C21H20N2O2. The first-order valence-electron chi connectivity index (χ1n) is 8.27. The summed E-state index contributed by atoms with van der Waals surface area (Å²) in [5.74, 6) is 0. The Morgan fingerprint density at radius 3 is 2.72 bits per heavy atom. The molecule has 2 aromatic carbocycles. The molecule has 0 bridgehead atoms. The van der Waals surface area contributed by atoms with Gasteiger partial charge in [-0.2, -0.15) is 0 Å². The Bertz CT molecular complexity index is 855. The van der Waals surface area contributed by atoms with Crippen molar-refractivity contribution in [1.29, 1.82) is 0 Å². The van der Waals surface area contributed by atoms with E-state index >= 15 is 0 Å². The lowest BCUT2D eigenvalue weighted by atomic mass is 10.1. The Balaban J connectivity index is 1.43. The summed E-state index contributed by atoms with van der Waals surface area (Å²) in [5.41, 5.74) is 2.05. The minimum atomic E-state index is -0.399. The zero-order valence-electron chi connectivity index (χ0n) is 13.9. The molecule has 4 heteroatoms. The summed E-state index contributed by atoms with van der Waals surface area (Å²) < 4.78 is 5.17. The van der Waals surface area contributed by atoms with Gasteiger partial charge < -0.3 is 10.1 Å². The average molecular weight is 332 g/mol. The highest BCUT2D eigenvalue weighted by molar-refractivity contribution is 5.89. The van der Waals surface area contributed by atoms with Gasteiger partial charge in [0.15, 0.2) is 0 Å². The number of aromatic nitrogens is 1. The van der Waals surface area contributed by atoms with E-state index in [0.29, 0.717) is 6.54 Å². The number of carbonyl (C=O) groups is 1. The van der Waals surface area contributed by atoms with Crippen LogP contribution in [0.15, 0.2) is 73.1 Å². The van der Waals surface area contributed by atoms with Gasteiger partial charge in [-0.3, -0.25) is 4.98 Å². The van der Waals surface area contributed by atoms with Crippen molar-refractivity contribution >= 4 is 22.9 Å². The topological polar surface area (TPSA) is 51.2 Å². The van der Waals surface area contributed by atoms with Gasteiger partial charge in [0.25, 0.3) is 0 Å². The molecule has 0 saturated heterocycles. The summed E-state index contributed by atoms with van der Waals surface area (Å²) in [5, 5.41) is 5.04. The number of amides is 1. The fourth-order valence-electron chi connectivity index (χ4n) is 2.51. The molecule has 126 valence electrons. The lowest BCUT2D eigenvalue weighted by molar-refractivity contribution is 0.140. The SMILES string of the molecule is O=C(NCCC=Cc1cncc2ccccc12)OCc1ccccc1. The van der Waals surface area contributed by atoms with Crippen LogP contribution in [0.4, 0.5) is 4.79 Å². The summed E-state index contributed by atoms with van der Waals surface area (Å²) in [4.78, 5) is 15.9. The molecule has 0 aliphatic heterocycles. The zero-order valence-corrected chi connectivity index (χ0v) is 13.9. The van der Waals surface area contributed by atoms with Gasteiger partial charge in [-0.25, -0.2) is 4.79 Å². The molecule has 0 aliphatic carbocycles. The van der Waals surface area contributed by atoms with Crippen LogP contribution in [0, 0.1) is 0 Å². The van der Waals surface area contributed by atoms with E-state index in [0.717, 1.165) is 22.9 Å². The van der Waals surface area contributed by atoms with Crippen LogP contribution in [-0.2, 0) is 11.3 Å². The maximum absolute atomic E-state index is 11.7. The normalized spacial score (nSPS) is 10.9. The molecular weight excluding hydrogens is 312 g/mol. The maximum atomic E-state index is 11.7. The number of hydrogen-bond acceptors (Lipinski definition) is 3. The second-order valence-corrected chi connectivity index (χ2v) is 5.63. The number of hydrogen-bond donors (Lipinski definition) is 1. The zero-order chi connectivity index (χ0) is 17.3. The first kappa shape index (κ1) is 16.7. The smallest absolute Gasteiger partial charge is 0.407 e. The molecule has 0 unspecified atom stereocenters. The molecule has 0 aliphatic rings. The van der Waals surface area contributed by atoms with E-state index in [1.54, 1.807) is 0 Å². The highest BCUT2D eigenvalue weighted by Gasteiger charge is 2.01. The summed E-state index contributed by atoms with van der Waals surface area (Å²) in [6, 6.07) is 17.8. The third-order valence-corrected chi connectivity index (χ3v) is 3.79. The van der Waals surface area contributed by atoms with Crippen molar-refractivity contribution in [3.63, 3.8) is 0 Å². The van der Waals surface area contributed by atoms with Crippen molar-refractivity contribution in [2.75, 3.05) is 6.54 Å². The van der Waals surface area contributed by atoms with Gasteiger partial charge >= 0.3 is 6.09 Å². The third kappa shape index (κ3) is 4.91. The van der Waals surface area contributed by atoms with Crippen molar-refractivity contribution in [3.8, 4) is 0 Å². The Morgan fingerprint density at radius 1 is 1.04 bits per heavy atom. The van der Waals surface area contributed by atoms with Gasteiger partial charge in [-0.05, 0) is 17.4 Å². The number of rotatable bonds is 6. The standard InChI is InChI=1S/C21H20N2O2/c24-21(25-16-17-8-2-1-3-9-17)23-13-7-6-11-19-15-22-14-18-10-4-5-12-20(18)19/h1-6,8-12,14-15H,7,13,16H2,(H,23,24). The molecule has 0 fully saturated rings. The van der Waals surface area contributed by atoms with Gasteiger partial charge in [0.05, 0.1) is 0 Å². The van der Waals surface area contributed by atoms with Crippen LogP contribution in [0.5, 0.6) is 0 Å². The molecule has 1 N–H and O–H groups in total. The summed E-state index contributed by atoms with van der Waals surface area (Å²) in [6.07, 6.45) is 8.10. The molecule has 0 saturated carbocycles. The number of fused-ring (bicyclic) bond motifs is 1. The molecule has 0 atom stereocenters. The predicted octanol–water partition coefficient (Wildman–Crippen LogP) is 4.56. The fraction of sp³-hybridized carbons (Fsp3) is 0.143. The molecule has 0 radical (unpaired) electrons. The molecule has 25 heavy (non-hydrogen) atoms. The van der Waals surface area contributed by atoms with Crippen LogP contribution in [0.1, 0.15) is 17.5 Å². The number of alkyl carbamates (subject to hydrolysis) is 1. The van der Waals surface area contributed by atoms with Crippen LogP contribution >= 0.6 is 0 Å². The Morgan fingerprint density at radius 2 is 1.84 bits per heavy atom. The van der Waals surface area contributed by atoms with Crippen LogP contribution in [0.25, 0.3) is 16.8 Å². The van der Waals surface area contributed by atoms with Gasteiger partial charge in [0, 0.05) is 29.9 Å².